The number of rotatable bonds is 2. The van der Waals surface area contributed by atoms with Gasteiger partial charge in [-0.25, -0.2) is 4.79 Å². The third-order valence-electron chi connectivity index (χ3n) is 1.97. The topological polar surface area (TPSA) is 43.4 Å². The molecule has 0 aliphatic heterocycles. The van der Waals surface area contributed by atoms with Gasteiger partial charge in [-0.3, -0.25) is 4.79 Å². The average molecular weight is 191 g/mol. The molecule has 1 rings (SSSR count). The van der Waals surface area contributed by atoms with Crippen molar-refractivity contribution in [2.75, 3.05) is 6.61 Å². The Kier molecular flexibility index (Phi) is 2.73. The standard InChI is InChI=1S/C8H11ClO3/c1-2-12-7(11)8(9)5-3-4-6(8)10/h2-5H2,1H3/t8-/m1/s1. The highest BCUT2D eigenvalue weighted by Crippen LogP contribution is 2.33. The van der Waals surface area contributed by atoms with Crippen LogP contribution in [0.5, 0.6) is 0 Å². The fourth-order valence-corrected chi connectivity index (χ4v) is 1.57. The molecule has 1 aliphatic rings. The molecule has 1 atom stereocenters. The van der Waals surface area contributed by atoms with Gasteiger partial charge in [0.25, 0.3) is 0 Å². The summed E-state index contributed by atoms with van der Waals surface area (Å²) in [6, 6.07) is 0. The number of carbonyl (C=O) groups is 2. The maximum Gasteiger partial charge on any atom is 0.334 e. The number of hydrogen-bond donors (Lipinski definition) is 0. The predicted molar refractivity (Wildman–Crippen MR) is 44.1 cm³/mol. The van der Waals surface area contributed by atoms with Crippen molar-refractivity contribution in [3.63, 3.8) is 0 Å². The zero-order chi connectivity index (χ0) is 9.19. The summed E-state index contributed by atoms with van der Waals surface area (Å²) < 4.78 is 4.71. The summed E-state index contributed by atoms with van der Waals surface area (Å²) in [6.45, 7) is 1.96. The predicted octanol–water partition coefficient (Wildman–Crippen LogP) is 1.28. The first-order chi connectivity index (χ1) is 5.61. The molecule has 0 aromatic carbocycles. The molecule has 0 saturated heterocycles. The molecule has 1 fully saturated rings. The van der Waals surface area contributed by atoms with Crippen molar-refractivity contribution < 1.29 is 14.3 Å². The van der Waals surface area contributed by atoms with E-state index in [0.29, 0.717) is 19.3 Å². The molecule has 0 N–H and O–H groups in total. The van der Waals surface area contributed by atoms with Crippen molar-refractivity contribution in [2.45, 2.75) is 31.1 Å². The molecule has 12 heavy (non-hydrogen) atoms. The second-order valence-electron chi connectivity index (χ2n) is 2.80. The number of halogens is 1. The van der Waals surface area contributed by atoms with Gasteiger partial charge >= 0.3 is 5.97 Å². The van der Waals surface area contributed by atoms with Gasteiger partial charge in [0.05, 0.1) is 6.61 Å². The minimum atomic E-state index is -1.37. The second kappa shape index (κ2) is 3.44. The van der Waals surface area contributed by atoms with Crippen molar-refractivity contribution in [2.24, 2.45) is 0 Å². The van der Waals surface area contributed by atoms with Crippen LogP contribution >= 0.6 is 11.6 Å². The van der Waals surface area contributed by atoms with E-state index in [-0.39, 0.29) is 12.4 Å². The van der Waals surface area contributed by atoms with Crippen LogP contribution in [0.25, 0.3) is 0 Å². The number of hydrogen-bond acceptors (Lipinski definition) is 3. The molecule has 0 radical (unpaired) electrons. The molecule has 0 amide bonds. The summed E-state index contributed by atoms with van der Waals surface area (Å²) >= 11 is 5.83. The van der Waals surface area contributed by atoms with Crippen LogP contribution in [0.15, 0.2) is 0 Å². The SMILES string of the molecule is CCOC(=O)[C@@]1(Cl)CCCC1=O. The van der Waals surface area contributed by atoms with E-state index in [0.717, 1.165) is 0 Å². The Morgan fingerprint density at radius 2 is 2.42 bits per heavy atom. The van der Waals surface area contributed by atoms with Crippen molar-refractivity contribution in [3.8, 4) is 0 Å². The lowest BCUT2D eigenvalue weighted by atomic mass is 10.1. The molecule has 4 heteroatoms. The van der Waals surface area contributed by atoms with Crippen LogP contribution in [0.3, 0.4) is 0 Å². The maximum atomic E-state index is 11.2. The van der Waals surface area contributed by atoms with Gasteiger partial charge in [0.2, 0.25) is 0 Å². The number of ketones is 1. The van der Waals surface area contributed by atoms with E-state index in [1.165, 1.54) is 0 Å². The zero-order valence-corrected chi connectivity index (χ0v) is 7.69. The number of alkyl halides is 1. The number of ether oxygens (including phenoxy) is 1. The largest absolute Gasteiger partial charge is 0.464 e. The van der Waals surface area contributed by atoms with E-state index in [2.05, 4.69) is 0 Å². The van der Waals surface area contributed by atoms with Gasteiger partial charge in [-0.15, -0.1) is 0 Å². The van der Waals surface area contributed by atoms with Crippen molar-refractivity contribution in [3.05, 3.63) is 0 Å². The van der Waals surface area contributed by atoms with E-state index < -0.39 is 10.8 Å². The van der Waals surface area contributed by atoms with Gasteiger partial charge < -0.3 is 4.74 Å². The first kappa shape index (κ1) is 9.52. The van der Waals surface area contributed by atoms with Crippen LogP contribution in [0.4, 0.5) is 0 Å². The molecule has 3 nitrogen and oxygen atoms in total. The summed E-state index contributed by atoms with van der Waals surface area (Å²) in [5, 5.41) is 0. The molecule has 0 bridgehead atoms. The lowest BCUT2D eigenvalue weighted by Crippen LogP contribution is -2.38. The third kappa shape index (κ3) is 1.46. The first-order valence-corrected chi connectivity index (χ1v) is 4.38. The Labute approximate surface area is 76.0 Å². The quantitative estimate of drug-likeness (QED) is 0.374. The summed E-state index contributed by atoms with van der Waals surface area (Å²) in [5.74, 6) is -0.795. The lowest BCUT2D eigenvalue weighted by Gasteiger charge is -2.16. The number of esters is 1. The monoisotopic (exact) mass is 190 g/mol. The minimum absolute atomic E-state index is 0.206. The van der Waals surface area contributed by atoms with Gasteiger partial charge in [0, 0.05) is 6.42 Å². The Hall–Kier alpha value is -0.570. The highest BCUT2D eigenvalue weighted by atomic mass is 35.5. The summed E-state index contributed by atoms with van der Waals surface area (Å²) in [4.78, 5) is 21.0. The number of carbonyl (C=O) groups excluding carboxylic acids is 2. The average Bonchev–Trinajstić information content (AvgIpc) is 2.34. The van der Waals surface area contributed by atoms with Gasteiger partial charge in [-0.2, -0.15) is 0 Å². The highest BCUT2D eigenvalue weighted by Gasteiger charge is 2.48. The summed E-state index contributed by atoms with van der Waals surface area (Å²) in [7, 11) is 0. The Balaban J connectivity index is 2.70. The highest BCUT2D eigenvalue weighted by molar-refractivity contribution is 6.46. The van der Waals surface area contributed by atoms with Crippen LogP contribution < -0.4 is 0 Å². The van der Waals surface area contributed by atoms with Crippen LogP contribution in [-0.4, -0.2) is 23.2 Å². The fourth-order valence-electron chi connectivity index (χ4n) is 1.29. The van der Waals surface area contributed by atoms with E-state index in [4.69, 9.17) is 16.3 Å². The molecule has 0 spiro atoms. The second-order valence-corrected chi connectivity index (χ2v) is 3.44. The van der Waals surface area contributed by atoms with E-state index in [1.54, 1.807) is 6.92 Å². The normalized spacial score (nSPS) is 29.0. The minimum Gasteiger partial charge on any atom is -0.464 e. The summed E-state index contributed by atoms with van der Waals surface area (Å²) in [5.41, 5.74) is 0. The van der Waals surface area contributed by atoms with Gasteiger partial charge in [-0.1, -0.05) is 11.6 Å². The van der Waals surface area contributed by atoms with Crippen LogP contribution in [0.1, 0.15) is 26.2 Å². The van der Waals surface area contributed by atoms with Crippen molar-refractivity contribution >= 4 is 23.4 Å². The maximum absolute atomic E-state index is 11.2. The van der Waals surface area contributed by atoms with Crippen molar-refractivity contribution in [1.82, 2.24) is 0 Å². The molecule has 1 aliphatic carbocycles. The third-order valence-corrected chi connectivity index (χ3v) is 2.52. The molecular weight excluding hydrogens is 180 g/mol. The summed E-state index contributed by atoms with van der Waals surface area (Å²) in [6.07, 6.45) is 1.48. The van der Waals surface area contributed by atoms with Gasteiger partial charge in [0.1, 0.15) is 0 Å². The molecule has 0 heterocycles. The molecule has 0 aromatic rings. The molecule has 0 unspecified atom stereocenters. The van der Waals surface area contributed by atoms with Crippen LogP contribution in [0.2, 0.25) is 0 Å². The Morgan fingerprint density at radius 3 is 2.83 bits per heavy atom. The smallest absolute Gasteiger partial charge is 0.334 e. The molecular formula is C8H11ClO3. The van der Waals surface area contributed by atoms with E-state index in [1.807, 2.05) is 0 Å². The number of Topliss-reactive ketones (excluding diaryl/α,β-unsaturated/α-hetero) is 1. The molecule has 68 valence electrons. The zero-order valence-electron chi connectivity index (χ0n) is 6.93. The molecule has 1 saturated carbocycles. The van der Waals surface area contributed by atoms with Crippen LogP contribution in [-0.2, 0) is 14.3 Å². The lowest BCUT2D eigenvalue weighted by molar-refractivity contribution is -0.148. The molecule has 0 aromatic heterocycles. The van der Waals surface area contributed by atoms with Crippen LogP contribution in [0, 0.1) is 0 Å². The van der Waals surface area contributed by atoms with Gasteiger partial charge in [-0.05, 0) is 19.8 Å². The Bertz CT molecular complexity index is 214. The fraction of sp³-hybridized carbons (Fsp3) is 0.750. The first-order valence-electron chi connectivity index (χ1n) is 4.00. The van der Waals surface area contributed by atoms with Gasteiger partial charge in [0.15, 0.2) is 10.7 Å². The van der Waals surface area contributed by atoms with Crippen molar-refractivity contribution in [1.29, 1.82) is 0 Å². The van der Waals surface area contributed by atoms with E-state index >= 15 is 0 Å². The van der Waals surface area contributed by atoms with E-state index in [9.17, 15) is 9.59 Å². The Morgan fingerprint density at radius 1 is 1.75 bits per heavy atom.